The van der Waals surface area contributed by atoms with Crippen LogP contribution >= 0.6 is 15.9 Å². The Labute approximate surface area is 219 Å². The van der Waals surface area contributed by atoms with Crippen molar-refractivity contribution in [1.29, 1.82) is 5.26 Å². The molecule has 1 fully saturated rings. The fourth-order valence-electron chi connectivity index (χ4n) is 5.82. The predicted octanol–water partition coefficient (Wildman–Crippen LogP) is 5.26. The second-order valence-corrected chi connectivity index (χ2v) is 11.8. The minimum Gasteiger partial charge on any atom is -0.444 e. The molecule has 2 N–H and O–H groups in total. The van der Waals surface area contributed by atoms with E-state index in [1.54, 1.807) is 0 Å². The highest BCUT2D eigenvalue weighted by Gasteiger charge is 2.43. The van der Waals surface area contributed by atoms with Gasteiger partial charge in [-0.3, -0.25) is 9.59 Å². The Kier molecular flexibility index (Phi) is 6.46. The van der Waals surface area contributed by atoms with Gasteiger partial charge in [-0.2, -0.15) is 5.26 Å². The molecule has 1 aromatic carbocycles. The largest absolute Gasteiger partial charge is 0.444 e. The molecule has 0 spiro atoms. The topological polar surface area (TPSA) is 101 Å². The summed E-state index contributed by atoms with van der Waals surface area (Å²) >= 11 is 3.57. The second kappa shape index (κ2) is 9.44. The van der Waals surface area contributed by atoms with Crippen molar-refractivity contribution in [2.24, 2.45) is 11.1 Å². The van der Waals surface area contributed by atoms with E-state index in [2.05, 4.69) is 22.0 Å². The highest BCUT2D eigenvalue weighted by molar-refractivity contribution is 9.10. The first-order valence-corrected chi connectivity index (χ1v) is 13.4. The number of likely N-dealkylation sites (tertiary alicyclic amines) is 1. The molecule has 0 bridgehead atoms. The average molecular weight is 551 g/mol. The fraction of sp³-hybridized carbons (Fsp3) is 0.464. The van der Waals surface area contributed by atoms with Crippen LogP contribution in [0.2, 0.25) is 0 Å². The van der Waals surface area contributed by atoms with Crippen LogP contribution in [-0.2, 0) is 20.9 Å². The quantitative estimate of drug-likeness (QED) is 0.561. The number of benzene rings is 1. The molecule has 0 saturated carbocycles. The maximum absolute atomic E-state index is 13.4. The van der Waals surface area contributed by atoms with Crippen LogP contribution in [0.5, 0.6) is 0 Å². The van der Waals surface area contributed by atoms with E-state index in [4.69, 9.17) is 10.5 Å². The second-order valence-electron chi connectivity index (χ2n) is 10.9. The number of rotatable bonds is 3. The molecule has 8 heteroatoms. The van der Waals surface area contributed by atoms with Gasteiger partial charge in [-0.25, -0.2) is 0 Å². The number of nitriles is 1. The molecular weight excluding hydrogens is 520 g/mol. The molecule has 1 aliphatic carbocycles. The number of allylic oxidation sites excluding steroid dienone is 3. The first-order valence-electron chi connectivity index (χ1n) is 12.6. The van der Waals surface area contributed by atoms with Crippen molar-refractivity contribution in [3.63, 3.8) is 0 Å². The molecule has 188 valence electrons. The minimum absolute atomic E-state index is 0.0250. The molecule has 1 saturated heterocycles. The van der Waals surface area contributed by atoms with E-state index in [1.807, 2.05) is 47.7 Å². The van der Waals surface area contributed by atoms with E-state index in [0.29, 0.717) is 24.2 Å². The van der Waals surface area contributed by atoms with Gasteiger partial charge in [0.2, 0.25) is 11.8 Å². The smallest absolute Gasteiger partial charge is 0.242 e. The van der Waals surface area contributed by atoms with Gasteiger partial charge in [0.25, 0.3) is 0 Å². The number of hydrogen-bond donors (Lipinski definition) is 1. The first kappa shape index (κ1) is 24.6. The van der Waals surface area contributed by atoms with E-state index in [1.165, 1.54) is 0 Å². The van der Waals surface area contributed by atoms with Crippen LogP contribution < -0.4 is 5.73 Å². The number of hydrogen-bond acceptors (Lipinski definition) is 5. The molecule has 1 unspecified atom stereocenters. The molecule has 36 heavy (non-hydrogen) atoms. The molecule has 7 nitrogen and oxygen atoms in total. The number of amides is 1. The van der Waals surface area contributed by atoms with E-state index in [-0.39, 0.29) is 35.1 Å². The third kappa shape index (κ3) is 4.45. The lowest BCUT2D eigenvalue weighted by Gasteiger charge is -2.37. The summed E-state index contributed by atoms with van der Waals surface area (Å²) in [6.07, 6.45) is 7.24. The summed E-state index contributed by atoms with van der Waals surface area (Å²) < 4.78 is 8.69. The normalized spacial score (nSPS) is 22.2. The molecule has 2 aliphatic heterocycles. The zero-order valence-electron chi connectivity index (χ0n) is 20.8. The lowest BCUT2D eigenvalue weighted by Crippen LogP contribution is -2.34. The van der Waals surface area contributed by atoms with Gasteiger partial charge in [-0.15, -0.1) is 0 Å². The van der Waals surface area contributed by atoms with Crippen molar-refractivity contribution in [3.05, 3.63) is 57.2 Å². The number of aromatic nitrogens is 1. The van der Waals surface area contributed by atoms with E-state index in [0.717, 1.165) is 59.7 Å². The first-order chi connectivity index (χ1) is 17.2. The maximum atomic E-state index is 13.4. The van der Waals surface area contributed by atoms with Gasteiger partial charge in [0.1, 0.15) is 23.9 Å². The summed E-state index contributed by atoms with van der Waals surface area (Å²) in [4.78, 5) is 28.7. The van der Waals surface area contributed by atoms with Crippen molar-refractivity contribution in [1.82, 2.24) is 9.47 Å². The number of carbonyl (C=O) groups excluding carboxylic acids is 2. The van der Waals surface area contributed by atoms with Gasteiger partial charge in [0.15, 0.2) is 5.78 Å². The zero-order valence-corrected chi connectivity index (χ0v) is 22.4. The average Bonchev–Trinajstić information content (AvgIpc) is 2.97. The Morgan fingerprint density at radius 2 is 1.94 bits per heavy atom. The summed E-state index contributed by atoms with van der Waals surface area (Å²) in [5.74, 6) is 0.0236. The minimum atomic E-state index is -0.631. The third-order valence-corrected chi connectivity index (χ3v) is 8.02. The van der Waals surface area contributed by atoms with Crippen molar-refractivity contribution < 1.29 is 14.3 Å². The van der Waals surface area contributed by atoms with Crippen molar-refractivity contribution in [3.8, 4) is 6.07 Å². The Balaban J connectivity index is 1.63. The Bertz CT molecular complexity index is 1350. The van der Waals surface area contributed by atoms with Gasteiger partial charge in [0, 0.05) is 53.1 Å². The number of halogens is 1. The molecule has 5 rings (SSSR count). The number of ketones is 1. The van der Waals surface area contributed by atoms with Crippen LogP contribution in [0.4, 0.5) is 0 Å². The van der Waals surface area contributed by atoms with E-state index < -0.39 is 5.92 Å². The number of ether oxygens (including phenoxy) is 1. The summed E-state index contributed by atoms with van der Waals surface area (Å²) in [5.41, 5.74) is 8.41. The molecule has 3 heterocycles. The van der Waals surface area contributed by atoms with Crippen LogP contribution in [0.1, 0.15) is 63.9 Å². The van der Waals surface area contributed by atoms with Crippen LogP contribution in [0.15, 0.2) is 51.7 Å². The van der Waals surface area contributed by atoms with Gasteiger partial charge >= 0.3 is 0 Å². The van der Waals surface area contributed by atoms with Gasteiger partial charge in [-0.1, -0.05) is 42.6 Å². The van der Waals surface area contributed by atoms with Crippen molar-refractivity contribution in [2.45, 2.75) is 64.8 Å². The molecule has 1 atom stereocenters. The Morgan fingerprint density at radius 1 is 1.22 bits per heavy atom. The van der Waals surface area contributed by atoms with Gasteiger partial charge in [0.05, 0.1) is 5.92 Å². The van der Waals surface area contributed by atoms with Crippen LogP contribution in [0.3, 0.4) is 0 Å². The molecule has 0 radical (unpaired) electrons. The van der Waals surface area contributed by atoms with Crippen molar-refractivity contribution in [2.75, 3.05) is 13.1 Å². The number of fused-ring (bicyclic) bond motifs is 1. The fourth-order valence-corrected chi connectivity index (χ4v) is 6.18. The van der Waals surface area contributed by atoms with Crippen LogP contribution in [-0.4, -0.2) is 34.2 Å². The Morgan fingerprint density at radius 3 is 2.64 bits per heavy atom. The predicted molar refractivity (Wildman–Crippen MR) is 140 cm³/mol. The summed E-state index contributed by atoms with van der Waals surface area (Å²) in [6, 6.07) is 8.11. The van der Waals surface area contributed by atoms with Gasteiger partial charge in [-0.05, 0) is 42.0 Å². The lowest BCUT2D eigenvalue weighted by molar-refractivity contribution is -0.131. The molecule has 3 aliphatic rings. The van der Waals surface area contributed by atoms with E-state index >= 15 is 0 Å². The summed E-state index contributed by atoms with van der Waals surface area (Å²) in [7, 11) is 0. The number of nitrogens with zero attached hydrogens (tertiary/aromatic N) is 3. The zero-order chi connectivity index (χ0) is 25.6. The SMILES string of the molecule is CC1(C)CC(=O)C2=C(C1)OC(N)=C(C#N)C2c1cn(CC(=O)N2CCCCCC2)c2ccc(Br)cc12. The van der Waals surface area contributed by atoms with Crippen molar-refractivity contribution >= 4 is 38.5 Å². The number of carbonyl (C=O) groups is 2. The highest BCUT2D eigenvalue weighted by Crippen LogP contribution is 2.49. The Hall–Kier alpha value is -3.05. The molecule has 1 aromatic heterocycles. The molecular formula is C28H31BrN4O3. The lowest BCUT2D eigenvalue weighted by atomic mass is 9.70. The standard InChI is InChI=1S/C28H31BrN4O3/c1-28(2)12-22(34)26-23(13-28)36-27(31)19(14-30)25(26)20-15-33(21-8-7-17(29)11-18(20)21)16-24(35)32-9-5-3-4-6-10-32/h7-8,11,15,25H,3-6,9-10,12-13,16,31H2,1-2H3. The number of Topliss-reactive ketones (excluding diaryl/α,β-unsaturated/α-hetero) is 1. The number of nitrogens with two attached hydrogens (primary N) is 1. The summed E-state index contributed by atoms with van der Waals surface area (Å²) in [6.45, 7) is 5.84. The monoisotopic (exact) mass is 550 g/mol. The van der Waals surface area contributed by atoms with Gasteiger partial charge < -0.3 is 19.9 Å². The molecule has 2 aromatic rings. The van der Waals surface area contributed by atoms with E-state index in [9.17, 15) is 14.9 Å². The highest BCUT2D eigenvalue weighted by atomic mass is 79.9. The summed E-state index contributed by atoms with van der Waals surface area (Å²) in [5, 5.41) is 10.9. The third-order valence-electron chi connectivity index (χ3n) is 7.52. The maximum Gasteiger partial charge on any atom is 0.242 e. The van der Waals surface area contributed by atoms with Crippen LogP contribution in [0.25, 0.3) is 10.9 Å². The molecule has 1 amide bonds. The van der Waals surface area contributed by atoms with Crippen LogP contribution in [0, 0.1) is 16.7 Å².